The van der Waals surface area contributed by atoms with Gasteiger partial charge in [-0.1, -0.05) is 243 Å². The average molecular weight is 1040 g/mol. The molecule has 0 atom stereocenters. The first-order valence-corrected chi connectivity index (χ1v) is 28.2. The van der Waals surface area contributed by atoms with E-state index in [0.29, 0.717) is 0 Å². The molecule has 0 spiro atoms. The van der Waals surface area contributed by atoms with Crippen molar-refractivity contribution in [1.29, 1.82) is 0 Å². The van der Waals surface area contributed by atoms with E-state index in [-0.39, 0.29) is 0 Å². The highest BCUT2D eigenvalue weighted by Crippen LogP contribution is 2.52. The molecule has 384 valence electrons. The lowest BCUT2D eigenvalue weighted by Gasteiger charge is -2.26. The number of rotatable bonds is 11. The molecule has 0 saturated carbocycles. The lowest BCUT2D eigenvalue weighted by atomic mass is 9.80. The van der Waals surface area contributed by atoms with Crippen LogP contribution in [0.4, 0.5) is 34.1 Å². The van der Waals surface area contributed by atoms with Crippen molar-refractivity contribution < 1.29 is 0 Å². The summed E-state index contributed by atoms with van der Waals surface area (Å²) in [4.78, 5) is 4.68. The Morgan fingerprint density at radius 2 is 0.463 bits per heavy atom. The fraction of sp³-hybridized carbons (Fsp3) is 0. The Hall–Kier alpha value is -10.8. The minimum Gasteiger partial charge on any atom is -0.311 e. The van der Waals surface area contributed by atoms with E-state index >= 15 is 0 Å². The Bertz CT molecular complexity index is 4660. The van der Waals surface area contributed by atoms with Gasteiger partial charge in [0.05, 0.1) is 0 Å². The van der Waals surface area contributed by atoms with Gasteiger partial charge < -0.3 is 9.80 Å². The fourth-order valence-corrected chi connectivity index (χ4v) is 12.8. The molecule has 0 bridgehead atoms. The fourth-order valence-electron chi connectivity index (χ4n) is 12.8. The molecule has 0 radical (unpaired) electrons. The standard InChI is InChI=1S/C80H54N2/c1-7-25-55(26-8-1)73-54-74(56-43-48-64(49-44-56)81(60-29-11-3-12-30-60)61-31-13-4-14-32-61)79-72-52-47-59(77-70-41-23-21-39-68(70)76(57-27-9-2-10-28-57)69-40-22-24-42-71(69)77)53-75(72)66-37-19-20-38-67(66)80(79)78(73)58-45-50-65(51-46-58)82(62-33-15-5-16-34-62)63-35-17-6-18-36-63/h1-54H. The van der Waals surface area contributed by atoms with Crippen LogP contribution < -0.4 is 9.80 Å². The van der Waals surface area contributed by atoms with Gasteiger partial charge >= 0.3 is 0 Å². The quantitative estimate of drug-likeness (QED) is 0.0941. The third-order valence-electron chi connectivity index (χ3n) is 16.4. The first-order valence-electron chi connectivity index (χ1n) is 28.2. The topological polar surface area (TPSA) is 6.48 Å². The summed E-state index contributed by atoms with van der Waals surface area (Å²) in [5.74, 6) is 0. The van der Waals surface area contributed by atoms with E-state index in [9.17, 15) is 0 Å². The van der Waals surface area contributed by atoms with Crippen molar-refractivity contribution in [3.8, 4) is 55.6 Å². The molecule has 0 fully saturated rings. The molecule has 0 aromatic heterocycles. The zero-order valence-corrected chi connectivity index (χ0v) is 45.1. The summed E-state index contributed by atoms with van der Waals surface area (Å²) in [5, 5.41) is 12.3. The summed E-state index contributed by atoms with van der Waals surface area (Å²) < 4.78 is 0. The van der Waals surface area contributed by atoms with Gasteiger partial charge in [0.2, 0.25) is 0 Å². The van der Waals surface area contributed by atoms with Crippen LogP contribution in [-0.4, -0.2) is 0 Å². The van der Waals surface area contributed by atoms with Crippen molar-refractivity contribution >= 4 is 88.0 Å². The Morgan fingerprint density at radius 3 is 0.915 bits per heavy atom. The van der Waals surface area contributed by atoms with Crippen LogP contribution in [0.25, 0.3) is 109 Å². The maximum atomic E-state index is 2.49. The van der Waals surface area contributed by atoms with Gasteiger partial charge in [-0.05, 0) is 194 Å². The van der Waals surface area contributed by atoms with Crippen LogP contribution in [-0.2, 0) is 0 Å². The van der Waals surface area contributed by atoms with Gasteiger partial charge in [0, 0.05) is 34.1 Å². The van der Waals surface area contributed by atoms with Crippen molar-refractivity contribution in [1.82, 2.24) is 0 Å². The molecular weight excluding hydrogens is 989 g/mol. The molecule has 2 heteroatoms. The summed E-state index contributed by atoms with van der Waals surface area (Å²) in [6.45, 7) is 0. The molecule has 15 rings (SSSR count). The highest BCUT2D eigenvalue weighted by atomic mass is 15.1. The first-order chi connectivity index (χ1) is 40.7. The molecule has 0 aliphatic carbocycles. The SMILES string of the molecule is c1ccc(-c2cc(-c3ccc(N(c4ccccc4)c4ccccc4)cc3)c3c4ccc(-c5c6ccccc6c(-c6ccccc6)c6ccccc56)cc4c4ccccc4c3c2-c2ccc(N(c3ccccc3)c3ccccc3)cc2)cc1. The van der Waals surface area contributed by atoms with Crippen LogP contribution in [0.15, 0.2) is 328 Å². The number of nitrogens with zero attached hydrogens (tertiary/aromatic N) is 2. The largest absolute Gasteiger partial charge is 0.311 e. The van der Waals surface area contributed by atoms with Crippen molar-refractivity contribution in [3.63, 3.8) is 0 Å². The van der Waals surface area contributed by atoms with E-state index in [1.807, 2.05) is 0 Å². The molecule has 2 nitrogen and oxygen atoms in total. The van der Waals surface area contributed by atoms with Crippen LogP contribution in [0.2, 0.25) is 0 Å². The highest BCUT2D eigenvalue weighted by molar-refractivity contribution is 6.34. The zero-order valence-electron chi connectivity index (χ0n) is 45.1. The Morgan fingerprint density at radius 1 is 0.159 bits per heavy atom. The average Bonchev–Trinajstić information content (AvgIpc) is 2.00. The summed E-state index contributed by atoms with van der Waals surface area (Å²) in [5.41, 5.74) is 18.5. The molecule has 0 heterocycles. The van der Waals surface area contributed by atoms with Crippen LogP contribution in [0, 0.1) is 0 Å². The summed E-state index contributed by atoms with van der Waals surface area (Å²) >= 11 is 0. The lowest BCUT2D eigenvalue weighted by molar-refractivity contribution is 1.28. The lowest BCUT2D eigenvalue weighted by Crippen LogP contribution is -2.09. The number of anilines is 6. The summed E-state index contributed by atoms with van der Waals surface area (Å²) in [6.07, 6.45) is 0. The van der Waals surface area contributed by atoms with Gasteiger partial charge in [-0.3, -0.25) is 0 Å². The van der Waals surface area contributed by atoms with Crippen molar-refractivity contribution in [3.05, 3.63) is 328 Å². The molecule has 0 aliphatic rings. The van der Waals surface area contributed by atoms with E-state index in [0.717, 1.165) is 50.8 Å². The van der Waals surface area contributed by atoms with Crippen LogP contribution in [0.5, 0.6) is 0 Å². The monoisotopic (exact) mass is 1040 g/mol. The summed E-state index contributed by atoms with van der Waals surface area (Å²) in [7, 11) is 0. The van der Waals surface area contributed by atoms with Gasteiger partial charge in [0.1, 0.15) is 0 Å². The maximum absolute atomic E-state index is 2.49. The van der Waals surface area contributed by atoms with Gasteiger partial charge in [-0.15, -0.1) is 0 Å². The van der Waals surface area contributed by atoms with Gasteiger partial charge in [0.25, 0.3) is 0 Å². The predicted octanol–water partition coefficient (Wildman–Crippen LogP) is 22.7. The molecule has 15 aromatic carbocycles. The number of benzene rings is 15. The maximum Gasteiger partial charge on any atom is 0.0462 e. The molecule has 0 N–H and O–H groups in total. The highest BCUT2D eigenvalue weighted by Gasteiger charge is 2.25. The molecule has 82 heavy (non-hydrogen) atoms. The van der Waals surface area contributed by atoms with Crippen molar-refractivity contribution in [2.24, 2.45) is 0 Å². The number of hydrogen-bond donors (Lipinski definition) is 0. The third kappa shape index (κ3) is 8.45. The van der Waals surface area contributed by atoms with E-state index in [4.69, 9.17) is 0 Å². The van der Waals surface area contributed by atoms with Crippen LogP contribution >= 0.6 is 0 Å². The molecule has 0 amide bonds. The number of fused-ring (bicyclic) bond motifs is 8. The van der Waals surface area contributed by atoms with Crippen molar-refractivity contribution in [2.45, 2.75) is 0 Å². The van der Waals surface area contributed by atoms with E-state index in [1.54, 1.807) is 0 Å². The van der Waals surface area contributed by atoms with E-state index in [1.165, 1.54) is 92.8 Å². The minimum atomic E-state index is 1.09. The second kappa shape index (κ2) is 20.8. The Balaban J connectivity index is 1.02. The summed E-state index contributed by atoms with van der Waals surface area (Å²) in [6, 6.07) is 120. The Kier molecular flexibility index (Phi) is 12.2. The van der Waals surface area contributed by atoms with Crippen LogP contribution in [0.3, 0.4) is 0 Å². The van der Waals surface area contributed by atoms with Gasteiger partial charge in [0.15, 0.2) is 0 Å². The minimum absolute atomic E-state index is 1.09. The second-order valence-corrected chi connectivity index (χ2v) is 21.1. The van der Waals surface area contributed by atoms with Gasteiger partial charge in [-0.2, -0.15) is 0 Å². The molecule has 0 aliphatic heterocycles. The smallest absolute Gasteiger partial charge is 0.0462 e. The molecule has 0 unspecified atom stereocenters. The third-order valence-corrected chi connectivity index (χ3v) is 16.4. The second-order valence-electron chi connectivity index (χ2n) is 21.1. The normalized spacial score (nSPS) is 11.4. The van der Waals surface area contributed by atoms with E-state index < -0.39 is 0 Å². The first kappa shape index (κ1) is 48.3. The van der Waals surface area contributed by atoms with Gasteiger partial charge in [-0.25, -0.2) is 0 Å². The van der Waals surface area contributed by atoms with E-state index in [2.05, 4.69) is 337 Å². The van der Waals surface area contributed by atoms with Crippen LogP contribution in [0.1, 0.15) is 0 Å². The molecule has 15 aromatic rings. The number of para-hydroxylation sites is 4. The molecular formula is C80H54N2. The zero-order chi connectivity index (χ0) is 54.3. The number of hydrogen-bond acceptors (Lipinski definition) is 2. The predicted molar refractivity (Wildman–Crippen MR) is 351 cm³/mol. The molecule has 0 saturated heterocycles. The van der Waals surface area contributed by atoms with Crippen molar-refractivity contribution in [2.75, 3.05) is 9.80 Å². The Labute approximate surface area is 478 Å².